The molecule has 4 nitrogen and oxygen atoms in total. The van der Waals surface area contributed by atoms with Gasteiger partial charge in [-0.2, -0.15) is 0 Å². The molecule has 0 saturated carbocycles. The van der Waals surface area contributed by atoms with Crippen molar-refractivity contribution in [2.75, 3.05) is 17.6 Å². The van der Waals surface area contributed by atoms with Crippen molar-refractivity contribution >= 4 is 33.2 Å². The maximum absolute atomic E-state index is 13.2. The largest absolute Gasteiger partial charge is 0.397 e. The molecule has 1 aromatic carbocycles. The van der Waals surface area contributed by atoms with E-state index in [1.165, 1.54) is 12.1 Å². The number of halogens is 2. The van der Waals surface area contributed by atoms with Crippen molar-refractivity contribution in [3.05, 3.63) is 22.4 Å². The number of nitrogens with two attached hydrogens (primary N) is 2. The highest BCUT2D eigenvalue weighted by Crippen LogP contribution is 2.26. The van der Waals surface area contributed by atoms with Crippen LogP contribution >= 0.6 is 15.9 Å². The van der Waals surface area contributed by atoms with E-state index in [-0.39, 0.29) is 11.7 Å². The van der Waals surface area contributed by atoms with E-state index >= 15 is 0 Å². The van der Waals surface area contributed by atoms with Crippen LogP contribution in [-0.2, 0) is 4.79 Å². The summed E-state index contributed by atoms with van der Waals surface area (Å²) < 4.78 is 13.5. The summed E-state index contributed by atoms with van der Waals surface area (Å²) in [5, 5.41) is 2.94. The smallest absolute Gasteiger partial charge is 0.217 e. The van der Waals surface area contributed by atoms with Crippen molar-refractivity contribution in [3.63, 3.8) is 0 Å². The Balaban J connectivity index is 2.54. The Morgan fingerprint density at radius 1 is 1.50 bits per heavy atom. The number of nitrogens with one attached hydrogen (secondary N) is 1. The van der Waals surface area contributed by atoms with E-state index in [2.05, 4.69) is 21.2 Å². The molecule has 6 heteroatoms. The number of hydrogen-bond acceptors (Lipinski definition) is 3. The molecule has 1 rings (SSSR count). The van der Waals surface area contributed by atoms with Gasteiger partial charge in [-0.05, 0) is 28.4 Å². The first-order chi connectivity index (χ1) is 7.50. The van der Waals surface area contributed by atoms with Crippen LogP contribution in [0.4, 0.5) is 15.8 Å². The molecule has 5 N–H and O–H groups in total. The Labute approximate surface area is 101 Å². The lowest BCUT2D eigenvalue weighted by Crippen LogP contribution is -2.13. The summed E-state index contributed by atoms with van der Waals surface area (Å²) in [6, 6.07) is 2.80. The maximum Gasteiger partial charge on any atom is 0.217 e. The van der Waals surface area contributed by atoms with Gasteiger partial charge in [0, 0.05) is 19.0 Å². The van der Waals surface area contributed by atoms with Crippen LogP contribution in [0.25, 0.3) is 0 Å². The topological polar surface area (TPSA) is 81.1 Å². The average molecular weight is 290 g/mol. The van der Waals surface area contributed by atoms with Gasteiger partial charge in [0.2, 0.25) is 5.91 Å². The lowest BCUT2D eigenvalue weighted by molar-refractivity contribution is -0.118. The molecule has 16 heavy (non-hydrogen) atoms. The Bertz CT molecular complexity index is 398. The molecule has 88 valence electrons. The molecule has 0 fully saturated rings. The second-order valence-corrected chi connectivity index (χ2v) is 4.20. The number of rotatable bonds is 5. The molecule has 0 aliphatic heterocycles. The van der Waals surface area contributed by atoms with Crippen LogP contribution in [0, 0.1) is 5.82 Å². The van der Waals surface area contributed by atoms with Crippen LogP contribution in [0.15, 0.2) is 16.6 Å². The Morgan fingerprint density at radius 3 is 2.81 bits per heavy atom. The first-order valence-corrected chi connectivity index (χ1v) is 5.56. The van der Waals surface area contributed by atoms with Gasteiger partial charge in [-0.1, -0.05) is 0 Å². The predicted octanol–water partition coefficient (Wildman–Crippen LogP) is 1.85. The summed E-state index contributed by atoms with van der Waals surface area (Å²) in [5.41, 5.74) is 11.6. The number of amides is 1. The third kappa shape index (κ3) is 3.69. The van der Waals surface area contributed by atoms with Gasteiger partial charge in [-0.25, -0.2) is 4.39 Å². The van der Waals surface area contributed by atoms with Crippen LogP contribution < -0.4 is 16.8 Å². The second-order valence-electron chi connectivity index (χ2n) is 3.35. The SMILES string of the molecule is NC(=O)CCCNc1cc(F)c(Br)cc1N. The van der Waals surface area contributed by atoms with Crippen molar-refractivity contribution in [2.24, 2.45) is 5.73 Å². The Hall–Kier alpha value is -1.30. The molecule has 0 unspecified atom stereocenters. The molecule has 1 amide bonds. The molecule has 0 spiro atoms. The fourth-order valence-electron chi connectivity index (χ4n) is 1.20. The molecular weight excluding hydrogens is 277 g/mol. The van der Waals surface area contributed by atoms with Gasteiger partial charge in [0.1, 0.15) is 5.82 Å². The quantitative estimate of drug-likeness (QED) is 0.572. The van der Waals surface area contributed by atoms with E-state index in [1.807, 2.05) is 0 Å². The zero-order valence-electron chi connectivity index (χ0n) is 8.59. The van der Waals surface area contributed by atoms with E-state index in [9.17, 15) is 9.18 Å². The number of nitrogen functional groups attached to an aromatic ring is 1. The van der Waals surface area contributed by atoms with Crippen LogP contribution in [-0.4, -0.2) is 12.5 Å². The van der Waals surface area contributed by atoms with Crippen molar-refractivity contribution < 1.29 is 9.18 Å². The van der Waals surface area contributed by atoms with Crippen molar-refractivity contribution in [1.82, 2.24) is 0 Å². The number of benzene rings is 1. The van der Waals surface area contributed by atoms with Gasteiger partial charge in [0.15, 0.2) is 0 Å². The van der Waals surface area contributed by atoms with Crippen LogP contribution in [0.3, 0.4) is 0 Å². The highest BCUT2D eigenvalue weighted by atomic mass is 79.9. The molecule has 0 radical (unpaired) electrons. The Morgan fingerprint density at radius 2 is 2.19 bits per heavy atom. The fourth-order valence-corrected chi connectivity index (χ4v) is 1.56. The van der Waals surface area contributed by atoms with Gasteiger partial charge < -0.3 is 16.8 Å². The lowest BCUT2D eigenvalue weighted by Gasteiger charge is -2.09. The van der Waals surface area contributed by atoms with Crippen molar-refractivity contribution in [3.8, 4) is 0 Å². The molecule has 0 saturated heterocycles. The summed E-state index contributed by atoms with van der Waals surface area (Å²) in [6.45, 7) is 0.522. The Kier molecular flexibility index (Phi) is 4.54. The minimum absolute atomic E-state index is 0.298. The predicted molar refractivity (Wildman–Crippen MR) is 65.4 cm³/mol. The molecule has 0 aliphatic rings. The summed E-state index contributed by atoms with van der Waals surface area (Å²) in [5.74, 6) is -0.733. The monoisotopic (exact) mass is 289 g/mol. The van der Waals surface area contributed by atoms with Crippen molar-refractivity contribution in [1.29, 1.82) is 0 Å². The average Bonchev–Trinajstić information content (AvgIpc) is 2.19. The minimum Gasteiger partial charge on any atom is -0.397 e. The number of primary amides is 1. The maximum atomic E-state index is 13.2. The standard InChI is InChI=1S/C10H13BrFN3O/c11-6-4-8(13)9(5-7(6)12)15-3-1-2-10(14)16/h4-5,15H,1-3,13H2,(H2,14,16). The van der Waals surface area contributed by atoms with Gasteiger partial charge in [0.25, 0.3) is 0 Å². The zero-order valence-corrected chi connectivity index (χ0v) is 10.2. The van der Waals surface area contributed by atoms with Crippen LogP contribution in [0.1, 0.15) is 12.8 Å². The molecule has 0 heterocycles. The first kappa shape index (κ1) is 12.8. The summed E-state index contributed by atoms with van der Waals surface area (Å²) >= 11 is 3.04. The zero-order chi connectivity index (χ0) is 12.1. The molecular formula is C10H13BrFN3O. The highest BCUT2D eigenvalue weighted by Gasteiger charge is 2.05. The van der Waals surface area contributed by atoms with E-state index in [1.54, 1.807) is 0 Å². The van der Waals surface area contributed by atoms with Crippen molar-refractivity contribution in [2.45, 2.75) is 12.8 Å². The molecule has 0 bridgehead atoms. The lowest BCUT2D eigenvalue weighted by atomic mass is 10.2. The third-order valence-electron chi connectivity index (χ3n) is 2.01. The molecule has 0 aliphatic carbocycles. The molecule has 0 aromatic heterocycles. The summed E-state index contributed by atoms with van der Waals surface area (Å²) in [4.78, 5) is 10.5. The normalized spacial score (nSPS) is 10.1. The summed E-state index contributed by atoms with van der Waals surface area (Å²) in [7, 11) is 0. The summed E-state index contributed by atoms with van der Waals surface area (Å²) in [6.07, 6.45) is 0.887. The highest BCUT2D eigenvalue weighted by molar-refractivity contribution is 9.10. The van der Waals surface area contributed by atoms with E-state index in [0.717, 1.165) is 0 Å². The number of hydrogen-bond donors (Lipinski definition) is 3. The van der Waals surface area contributed by atoms with E-state index in [4.69, 9.17) is 11.5 Å². The number of anilines is 2. The second kappa shape index (κ2) is 5.69. The van der Waals surface area contributed by atoms with Gasteiger partial charge >= 0.3 is 0 Å². The van der Waals surface area contributed by atoms with Gasteiger partial charge in [0.05, 0.1) is 15.8 Å². The molecule has 1 aromatic rings. The van der Waals surface area contributed by atoms with Gasteiger partial charge in [-0.15, -0.1) is 0 Å². The van der Waals surface area contributed by atoms with E-state index < -0.39 is 0 Å². The fraction of sp³-hybridized carbons (Fsp3) is 0.300. The number of carbonyl (C=O) groups is 1. The van der Waals surface area contributed by atoms with E-state index in [0.29, 0.717) is 35.2 Å². The van der Waals surface area contributed by atoms with Gasteiger partial charge in [-0.3, -0.25) is 4.79 Å². The molecule has 0 atom stereocenters. The first-order valence-electron chi connectivity index (χ1n) is 4.77. The number of carbonyl (C=O) groups excluding carboxylic acids is 1. The van der Waals surface area contributed by atoms with Crippen LogP contribution in [0.5, 0.6) is 0 Å². The van der Waals surface area contributed by atoms with Crippen LogP contribution in [0.2, 0.25) is 0 Å². The third-order valence-corrected chi connectivity index (χ3v) is 2.62. The minimum atomic E-state index is -0.383.